The maximum absolute atomic E-state index is 12.8. The quantitative estimate of drug-likeness (QED) is 0.631. The standard InChI is InChI=1S/C17H22FN5O2S/c1-4-19-16(23-11-17(2,3)10-20-23)22-26(24,25)14-5-6-15-12(8-14)7-13(9-18)21-15/h5-8,10,21H,4,9,11H2,1-3H3,(H,19,22). The highest BCUT2D eigenvalue weighted by Crippen LogP contribution is 2.24. The lowest BCUT2D eigenvalue weighted by molar-refractivity contribution is 0.376. The van der Waals surface area contributed by atoms with Crippen molar-refractivity contribution < 1.29 is 12.8 Å². The molecule has 2 heterocycles. The number of hydrogen-bond donors (Lipinski definition) is 2. The third kappa shape index (κ3) is 3.72. The van der Waals surface area contributed by atoms with Crippen LogP contribution in [-0.4, -0.2) is 43.7 Å². The van der Waals surface area contributed by atoms with Crippen LogP contribution in [0.4, 0.5) is 4.39 Å². The molecule has 1 aromatic heterocycles. The van der Waals surface area contributed by atoms with Crippen LogP contribution in [0.5, 0.6) is 0 Å². The third-order valence-corrected chi connectivity index (χ3v) is 5.24. The Balaban J connectivity index is 1.97. The van der Waals surface area contributed by atoms with Gasteiger partial charge in [-0.25, -0.2) is 9.40 Å². The molecule has 0 aliphatic carbocycles. The van der Waals surface area contributed by atoms with E-state index in [1.165, 1.54) is 12.1 Å². The zero-order valence-electron chi connectivity index (χ0n) is 15.0. The lowest BCUT2D eigenvalue weighted by atomic mass is 9.97. The molecular formula is C17H22FN5O2S. The Bertz CT molecular complexity index is 978. The molecule has 1 aliphatic heterocycles. The van der Waals surface area contributed by atoms with Gasteiger partial charge in [0.05, 0.1) is 11.4 Å². The Morgan fingerprint density at radius 1 is 1.42 bits per heavy atom. The fourth-order valence-electron chi connectivity index (χ4n) is 2.72. The summed E-state index contributed by atoms with van der Waals surface area (Å²) in [6, 6.07) is 6.16. The number of aromatic amines is 1. The van der Waals surface area contributed by atoms with Crippen LogP contribution >= 0.6 is 0 Å². The van der Waals surface area contributed by atoms with E-state index in [0.29, 0.717) is 29.7 Å². The molecule has 26 heavy (non-hydrogen) atoms. The number of hydrazone groups is 1. The third-order valence-electron chi connectivity index (χ3n) is 3.98. The van der Waals surface area contributed by atoms with Gasteiger partial charge in [-0.2, -0.15) is 13.5 Å². The summed E-state index contributed by atoms with van der Waals surface area (Å²) in [7, 11) is -3.94. The van der Waals surface area contributed by atoms with E-state index in [1.807, 2.05) is 20.8 Å². The van der Waals surface area contributed by atoms with Crippen molar-refractivity contribution in [3.05, 3.63) is 30.0 Å². The van der Waals surface area contributed by atoms with E-state index in [0.717, 1.165) is 0 Å². The van der Waals surface area contributed by atoms with Crippen LogP contribution in [0.15, 0.2) is 38.7 Å². The number of guanidine groups is 1. The lowest BCUT2D eigenvalue weighted by Crippen LogP contribution is -2.39. The molecule has 0 amide bonds. The van der Waals surface area contributed by atoms with Gasteiger partial charge in [-0.05, 0) is 31.2 Å². The molecule has 2 N–H and O–H groups in total. The van der Waals surface area contributed by atoms with Crippen molar-refractivity contribution in [2.24, 2.45) is 14.9 Å². The summed E-state index contributed by atoms with van der Waals surface area (Å²) in [5, 5.41) is 9.40. The fourth-order valence-corrected chi connectivity index (χ4v) is 3.73. The molecule has 7 nitrogen and oxygen atoms in total. The Morgan fingerprint density at radius 2 is 2.19 bits per heavy atom. The molecule has 0 fully saturated rings. The maximum Gasteiger partial charge on any atom is 0.285 e. The highest BCUT2D eigenvalue weighted by molar-refractivity contribution is 7.90. The minimum Gasteiger partial charge on any atom is -0.356 e. The van der Waals surface area contributed by atoms with Crippen LogP contribution in [-0.2, 0) is 16.7 Å². The first-order valence-electron chi connectivity index (χ1n) is 8.33. The van der Waals surface area contributed by atoms with E-state index in [2.05, 4.69) is 19.8 Å². The van der Waals surface area contributed by atoms with Crippen molar-refractivity contribution in [2.75, 3.05) is 13.1 Å². The zero-order valence-corrected chi connectivity index (χ0v) is 15.8. The van der Waals surface area contributed by atoms with Crippen molar-refractivity contribution in [1.29, 1.82) is 0 Å². The van der Waals surface area contributed by atoms with Gasteiger partial charge in [0.15, 0.2) is 0 Å². The Morgan fingerprint density at radius 3 is 2.81 bits per heavy atom. The molecule has 0 spiro atoms. The maximum atomic E-state index is 12.8. The molecule has 2 aromatic rings. The summed E-state index contributed by atoms with van der Waals surface area (Å²) in [5.41, 5.74) is 0.922. The second-order valence-electron chi connectivity index (χ2n) is 6.89. The first-order chi connectivity index (χ1) is 12.2. The van der Waals surface area contributed by atoms with Crippen LogP contribution in [0.25, 0.3) is 10.9 Å². The fraction of sp³-hybridized carbons (Fsp3) is 0.412. The molecule has 0 saturated carbocycles. The van der Waals surface area contributed by atoms with Gasteiger partial charge in [0.2, 0.25) is 5.96 Å². The highest BCUT2D eigenvalue weighted by Gasteiger charge is 2.29. The number of sulfonamides is 1. The van der Waals surface area contributed by atoms with Gasteiger partial charge in [-0.1, -0.05) is 13.8 Å². The van der Waals surface area contributed by atoms with Crippen LogP contribution in [0.3, 0.4) is 0 Å². The number of rotatable bonds is 4. The molecule has 9 heteroatoms. The van der Waals surface area contributed by atoms with Crippen molar-refractivity contribution in [1.82, 2.24) is 15.3 Å². The second kappa shape index (κ2) is 6.71. The topological polar surface area (TPSA) is 89.9 Å². The minimum absolute atomic E-state index is 0.0484. The highest BCUT2D eigenvalue weighted by atomic mass is 32.2. The number of halogens is 1. The van der Waals surface area contributed by atoms with Crippen LogP contribution in [0.2, 0.25) is 0 Å². The number of H-pyrrole nitrogens is 1. The SMILES string of the molecule is CCN/C(=N\S(=O)(=O)c1ccc2[nH]c(CF)cc2c1)N1CC(C)(C)C=N1. The molecule has 1 aromatic carbocycles. The predicted octanol–water partition coefficient (Wildman–Crippen LogP) is 2.62. The smallest absolute Gasteiger partial charge is 0.285 e. The number of alkyl halides is 1. The first-order valence-corrected chi connectivity index (χ1v) is 9.77. The summed E-state index contributed by atoms with van der Waals surface area (Å²) < 4.78 is 42.3. The molecule has 0 bridgehead atoms. The van der Waals surface area contributed by atoms with Crippen LogP contribution < -0.4 is 5.32 Å². The van der Waals surface area contributed by atoms with Crippen LogP contribution in [0, 0.1) is 5.41 Å². The summed E-state index contributed by atoms with van der Waals surface area (Å²) in [6.07, 6.45) is 1.77. The predicted molar refractivity (Wildman–Crippen MR) is 100 cm³/mol. The minimum atomic E-state index is -3.94. The first kappa shape index (κ1) is 18.4. The van der Waals surface area contributed by atoms with E-state index < -0.39 is 16.7 Å². The van der Waals surface area contributed by atoms with Gasteiger partial charge in [0, 0.05) is 34.8 Å². The molecule has 140 valence electrons. The summed E-state index contributed by atoms with van der Waals surface area (Å²) >= 11 is 0. The Labute approximate surface area is 152 Å². The van der Waals surface area contributed by atoms with E-state index >= 15 is 0 Å². The number of benzene rings is 1. The van der Waals surface area contributed by atoms with E-state index in [-0.39, 0.29) is 16.3 Å². The molecule has 0 atom stereocenters. The second-order valence-corrected chi connectivity index (χ2v) is 8.49. The Hall–Kier alpha value is -2.42. The number of fused-ring (bicyclic) bond motifs is 1. The number of hydrogen-bond acceptors (Lipinski definition) is 3. The van der Waals surface area contributed by atoms with Gasteiger partial charge in [0.25, 0.3) is 10.0 Å². The van der Waals surface area contributed by atoms with E-state index in [9.17, 15) is 12.8 Å². The lowest BCUT2D eigenvalue weighted by Gasteiger charge is -2.21. The van der Waals surface area contributed by atoms with Crippen molar-refractivity contribution >= 4 is 33.1 Å². The Kier molecular flexibility index (Phi) is 4.74. The van der Waals surface area contributed by atoms with Gasteiger partial charge >= 0.3 is 0 Å². The van der Waals surface area contributed by atoms with E-state index in [4.69, 9.17) is 0 Å². The normalized spacial score (nSPS) is 17.2. The summed E-state index contributed by atoms with van der Waals surface area (Å²) in [5.74, 6) is 0.188. The molecule has 3 rings (SSSR count). The number of nitrogens with one attached hydrogen (secondary N) is 2. The summed E-state index contributed by atoms with van der Waals surface area (Å²) in [6.45, 7) is 6.29. The molecular weight excluding hydrogens is 357 g/mol. The largest absolute Gasteiger partial charge is 0.356 e. The van der Waals surface area contributed by atoms with Crippen LogP contribution in [0.1, 0.15) is 26.5 Å². The van der Waals surface area contributed by atoms with Gasteiger partial charge in [-0.15, -0.1) is 4.40 Å². The zero-order chi connectivity index (χ0) is 18.9. The molecule has 0 unspecified atom stereocenters. The van der Waals surface area contributed by atoms with Crippen molar-refractivity contribution in [3.63, 3.8) is 0 Å². The van der Waals surface area contributed by atoms with Gasteiger partial charge < -0.3 is 10.3 Å². The number of nitrogens with zero attached hydrogens (tertiary/aromatic N) is 3. The average Bonchev–Trinajstić information content (AvgIpc) is 3.16. The molecule has 0 radical (unpaired) electrons. The summed E-state index contributed by atoms with van der Waals surface area (Å²) in [4.78, 5) is 2.94. The van der Waals surface area contributed by atoms with Gasteiger partial charge in [0.1, 0.15) is 6.67 Å². The van der Waals surface area contributed by atoms with Gasteiger partial charge in [-0.3, -0.25) is 0 Å². The number of aromatic nitrogens is 1. The van der Waals surface area contributed by atoms with Crippen molar-refractivity contribution in [2.45, 2.75) is 32.3 Å². The average molecular weight is 379 g/mol. The van der Waals surface area contributed by atoms with E-state index in [1.54, 1.807) is 23.4 Å². The van der Waals surface area contributed by atoms with Crippen molar-refractivity contribution in [3.8, 4) is 0 Å². The molecule has 1 aliphatic rings. The monoisotopic (exact) mass is 379 g/mol. The molecule has 0 saturated heterocycles.